The molecule has 3 N–H and O–H groups in total. The summed E-state index contributed by atoms with van der Waals surface area (Å²) in [4.78, 5) is 11.6. The van der Waals surface area contributed by atoms with Crippen LogP contribution in [0.15, 0.2) is 0 Å². The van der Waals surface area contributed by atoms with Crippen molar-refractivity contribution in [1.29, 1.82) is 0 Å². The lowest BCUT2D eigenvalue weighted by molar-refractivity contribution is -0.124. The summed E-state index contributed by atoms with van der Waals surface area (Å²) >= 11 is 0. The molecule has 0 aliphatic carbocycles. The van der Waals surface area contributed by atoms with Crippen molar-refractivity contribution in [2.24, 2.45) is 5.92 Å². The summed E-state index contributed by atoms with van der Waals surface area (Å²) < 4.78 is 0. The quantitative estimate of drug-likeness (QED) is 0.629. The van der Waals surface area contributed by atoms with Gasteiger partial charge in [0.15, 0.2) is 0 Å². The zero-order valence-corrected chi connectivity index (χ0v) is 9.62. The largest absolute Gasteiger partial charge is 0.391 e. The first-order valence-corrected chi connectivity index (χ1v) is 5.80. The van der Waals surface area contributed by atoms with Gasteiger partial charge in [-0.1, -0.05) is 20.3 Å². The fraction of sp³-hybridized carbons (Fsp3) is 0.909. The first-order valence-electron chi connectivity index (χ1n) is 5.80. The summed E-state index contributed by atoms with van der Waals surface area (Å²) in [5, 5.41) is 15.5. The zero-order valence-electron chi connectivity index (χ0n) is 9.62. The van der Waals surface area contributed by atoms with E-state index in [2.05, 4.69) is 10.6 Å². The number of piperidine rings is 1. The maximum atomic E-state index is 11.6. The highest BCUT2D eigenvalue weighted by Gasteiger charge is 2.21. The van der Waals surface area contributed by atoms with Gasteiger partial charge in [-0.15, -0.1) is 0 Å². The second-order valence-corrected chi connectivity index (χ2v) is 4.56. The van der Waals surface area contributed by atoms with E-state index in [9.17, 15) is 9.90 Å². The van der Waals surface area contributed by atoms with Gasteiger partial charge in [-0.05, 0) is 25.3 Å². The predicted octanol–water partition coefficient (Wildman–Crippen LogP) is 0.262. The van der Waals surface area contributed by atoms with E-state index in [4.69, 9.17) is 0 Å². The Kier molecular flexibility index (Phi) is 5.05. The molecule has 4 heteroatoms. The molecule has 4 nitrogen and oxygen atoms in total. The number of hydrogen-bond donors (Lipinski definition) is 3. The standard InChI is InChI=1S/C11H22N2O2/c1-8(2)10(14)7-13-11(15)9-5-3-4-6-12-9/h8-10,12,14H,3-7H2,1-2H3,(H,13,15)/t9-,10?/m1/s1. The minimum absolute atomic E-state index is 0.0226. The van der Waals surface area contributed by atoms with Gasteiger partial charge in [0.25, 0.3) is 0 Å². The molecule has 0 saturated carbocycles. The summed E-state index contributed by atoms with van der Waals surface area (Å²) in [6.07, 6.45) is 2.72. The van der Waals surface area contributed by atoms with E-state index in [1.165, 1.54) is 0 Å². The molecule has 1 unspecified atom stereocenters. The number of rotatable bonds is 4. The molecule has 0 radical (unpaired) electrons. The third-order valence-corrected chi connectivity index (χ3v) is 2.88. The minimum atomic E-state index is -0.447. The van der Waals surface area contributed by atoms with Crippen LogP contribution in [0.25, 0.3) is 0 Å². The topological polar surface area (TPSA) is 61.4 Å². The van der Waals surface area contributed by atoms with Crippen LogP contribution in [0.4, 0.5) is 0 Å². The number of carbonyl (C=O) groups is 1. The van der Waals surface area contributed by atoms with Crippen LogP contribution in [0.5, 0.6) is 0 Å². The Balaban J connectivity index is 2.22. The lowest BCUT2D eigenvalue weighted by atomic mass is 10.0. The van der Waals surface area contributed by atoms with Gasteiger partial charge >= 0.3 is 0 Å². The van der Waals surface area contributed by atoms with E-state index >= 15 is 0 Å². The fourth-order valence-electron chi connectivity index (χ4n) is 1.64. The van der Waals surface area contributed by atoms with Gasteiger partial charge in [0.2, 0.25) is 5.91 Å². The van der Waals surface area contributed by atoms with Crippen LogP contribution in [-0.2, 0) is 4.79 Å². The highest BCUT2D eigenvalue weighted by molar-refractivity contribution is 5.81. The molecule has 0 spiro atoms. The van der Waals surface area contributed by atoms with Crippen molar-refractivity contribution in [2.45, 2.75) is 45.3 Å². The van der Waals surface area contributed by atoms with Crippen molar-refractivity contribution in [3.8, 4) is 0 Å². The van der Waals surface area contributed by atoms with Crippen LogP contribution in [-0.4, -0.2) is 36.2 Å². The average Bonchev–Trinajstić information content (AvgIpc) is 2.26. The number of hydrogen-bond acceptors (Lipinski definition) is 3. The van der Waals surface area contributed by atoms with Crippen LogP contribution in [0.3, 0.4) is 0 Å². The van der Waals surface area contributed by atoms with E-state index < -0.39 is 6.10 Å². The molecule has 15 heavy (non-hydrogen) atoms. The molecule has 0 aromatic heterocycles. The van der Waals surface area contributed by atoms with E-state index in [0.717, 1.165) is 25.8 Å². The van der Waals surface area contributed by atoms with Gasteiger partial charge in [0, 0.05) is 6.54 Å². The SMILES string of the molecule is CC(C)C(O)CNC(=O)[C@H]1CCCCN1. The maximum Gasteiger partial charge on any atom is 0.237 e. The molecule has 0 aromatic rings. The van der Waals surface area contributed by atoms with Gasteiger partial charge in [0.1, 0.15) is 0 Å². The second kappa shape index (κ2) is 6.08. The van der Waals surface area contributed by atoms with Crippen LogP contribution >= 0.6 is 0 Å². The Morgan fingerprint density at radius 2 is 2.27 bits per heavy atom. The normalized spacial score (nSPS) is 23.9. The number of nitrogens with one attached hydrogen (secondary N) is 2. The van der Waals surface area contributed by atoms with Gasteiger partial charge in [-0.3, -0.25) is 4.79 Å². The van der Waals surface area contributed by atoms with Crippen LogP contribution in [0.2, 0.25) is 0 Å². The molecule has 0 aromatic carbocycles. The van der Waals surface area contributed by atoms with Crippen molar-refractivity contribution in [1.82, 2.24) is 10.6 Å². The molecule has 1 aliphatic rings. The van der Waals surface area contributed by atoms with Crippen LogP contribution in [0.1, 0.15) is 33.1 Å². The monoisotopic (exact) mass is 214 g/mol. The molecular weight excluding hydrogens is 192 g/mol. The Labute approximate surface area is 91.4 Å². The third kappa shape index (κ3) is 4.18. The van der Waals surface area contributed by atoms with Crippen molar-refractivity contribution >= 4 is 5.91 Å². The van der Waals surface area contributed by atoms with E-state index in [1.807, 2.05) is 13.8 Å². The minimum Gasteiger partial charge on any atom is -0.391 e. The lowest BCUT2D eigenvalue weighted by Gasteiger charge is -2.23. The fourth-order valence-corrected chi connectivity index (χ4v) is 1.64. The van der Waals surface area contributed by atoms with Crippen molar-refractivity contribution in [3.63, 3.8) is 0 Å². The smallest absolute Gasteiger partial charge is 0.237 e. The van der Waals surface area contributed by atoms with Gasteiger partial charge in [0.05, 0.1) is 12.1 Å². The average molecular weight is 214 g/mol. The van der Waals surface area contributed by atoms with E-state index in [1.54, 1.807) is 0 Å². The molecule has 1 aliphatic heterocycles. The Hall–Kier alpha value is -0.610. The second-order valence-electron chi connectivity index (χ2n) is 4.56. The molecule has 2 atom stereocenters. The number of amides is 1. The molecule has 1 heterocycles. The molecule has 1 saturated heterocycles. The van der Waals surface area contributed by atoms with E-state index in [-0.39, 0.29) is 17.9 Å². The van der Waals surface area contributed by atoms with Crippen molar-refractivity contribution in [2.75, 3.05) is 13.1 Å². The maximum absolute atomic E-state index is 11.6. The number of aliphatic hydroxyl groups excluding tert-OH is 1. The Morgan fingerprint density at radius 3 is 2.80 bits per heavy atom. The van der Waals surface area contributed by atoms with Crippen molar-refractivity contribution in [3.05, 3.63) is 0 Å². The molecular formula is C11H22N2O2. The highest BCUT2D eigenvalue weighted by Crippen LogP contribution is 2.07. The van der Waals surface area contributed by atoms with Gasteiger partial charge in [-0.25, -0.2) is 0 Å². The molecule has 1 fully saturated rings. The molecule has 1 rings (SSSR count). The van der Waals surface area contributed by atoms with Crippen molar-refractivity contribution < 1.29 is 9.90 Å². The number of carbonyl (C=O) groups excluding carboxylic acids is 1. The summed E-state index contributed by atoms with van der Waals surface area (Å²) in [6, 6.07) is -0.0573. The Bertz CT molecular complexity index is 201. The van der Waals surface area contributed by atoms with Gasteiger partial charge in [-0.2, -0.15) is 0 Å². The Morgan fingerprint density at radius 1 is 1.53 bits per heavy atom. The third-order valence-electron chi connectivity index (χ3n) is 2.88. The highest BCUT2D eigenvalue weighted by atomic mass is 16.3. The lowest BCUT2D eigenvalue weighted by Crippen LogP contribution is -2.48. The summed E-state index contributed by atoms with van der Waals surface area (Å²) in [6.45, 7) is 5.16. The predicted molar refractivity (Wildman–Crippen MR) is 59.5 cm³/mol. The number of aliphatic hydroxyl groups is 1. The van der Waals surface area contributed by atoms with Gasteiger partial charge < -0.3 is 15.7 Å². The van der Waals surface area contributed by atoms with Crippen LogP contribution in [0, 0.1) is 5.92 Å². The molecule has 0 bridgehead atoms. The summed E-state index contributed by atoms with van der Waals surface area (Å²) in [5.74, 6) is 0.207. The molecule has 1 amide bonds. The van der Waals surface area contributed by atoms with E-state index in [0.29, 0.717) is 6.54 Å². The van der Waals surface area contributed by atoms with Crippen LogP contribution < -0.4 is 10.6 Å². The summed E-state index contributed by atoms with van der Waals surface area (Å²) in [7, 11) is 0. The molecule has 88 valence electrons. The first kappa shape index (κ1) is 12.5. The summed E-state index contributed by atoms with van der Waals surface area (Å²) in [5.41, 5.74) is 0. The first-order chi connectivity index (χ1) is 7.11. The zero-order chi connectivity index (χ0) is 11.3.